The molecule has 102 valence electrons. The van der Waals surface area contributed by atoms with Crippen molar-refractivity contribution in [1.82, 2.24) is 9.36 Å². The van der Waals surface area contributed by atoms with E-state index in [2.05, 4.69) is 0 Å². The second-order valence-electron chi connectivity index (χ2n) is 4.69. The van der Waals surface area contributed by atoms with Crippen LogP contribution in [0.1, 0.15) is 25.5 Å². The van der Waals surface area contributed by atoms with Crippen LogP contribution in [0.2, 0.25) is 5.02 Å². The van der Waals surface area contributed by atoms with Crippen molar-refractivity contribution in [3.8, 4) is 5.69 Å². The molecule has 4 nitrogen and oxygen atoms in total. The van der Waals surface area contributed by atoms with E-state index in [0.717, 1.165) is 5.69 Å². The largest absolute Gasteiger partial charge is 0.393 e. The Morgan fingerprint density at radius 2 is 2.00 bits per heavy atom. The van der Waals surface area contributed by atoms with Crippen LogP contribution in [0.4, 0.5) is 10.1 Å². The molecule has 0 aliphatic heterocycles. The van der Waals surface area contributed by atoms with Crippen LogP contribution in [0, 0.1) is 5.82 Å². The van der Waals surface area contributed by atoms with Crippen LogP contribution in [0.25, 0.3) is 5.69 Å². The van der Waals surface area contributed by atoms with Crippen molar-refractivity contribution in [2.45, 2.75) is 19.8 Å². The van der Waals surface area contributed by atoms with Crippen LogP contribution in [-0.2, 0) is 7.05 Å². The van der Waals surface area contributed by atoms with Gasteiger partial charge in [-0.15, -0.1) is 0 Å². The first kappa shape index (κ1) is 13.7. The average Bonchev–Trinajstić information content (AvgIpc) is 2.54. The smallest absolute Gasteiger partial charge is 0.294 e. The van der Waals surface area contributed by atoms with Gasteiger partial charge in [0.1, 0.15) is 11.5 Å². The van der Waals surface area contributed by atoms with E-state index in [1.165, 1.54) is 16.8 Å². The van der Waals surface area contributed by atoms with Crippen LogP contribution in [0.3, 0.4) is 0 Å². The SMILES string of the molecule is CC(C)c1c(N)c(=O)n(-c2ccc(Cl)c(F)c2)n1C. The van der Waals surface area contributed by atoms with Crippen LogP contribution in [0.5, 0.6) is 0 Å². The number of anilines is 1. The van der Waals surface area contributed by atoms with Gasteiger partial charge in [0.2, 0.25) is 0 Å². The first-order valence-corrected chi connectivity index (χ1v) is 6.25. The van der Waals surface area contributed by atoms with E-state index in [4.69, 9.17) is 17.3 Å². The van der Waals surface area contributed by atoms with E-state index < -0.39 is 5.82 Å². The van der Waals surface area contributed by atoms with E-state index in [-0.39, 0.29) is 22.2 Å². The predicted molar refractivity (Wildman–Crippen MR) is 74.5 cm³/mol. The van der Waals surface area contributed by atoms with Gasteiger partial charge in [-0.3, -0.25) is 9.48 Å². The summed E-state index contributed by atoms with van der Waals surface area (Å²) >= 11 is 5.64. The summed E-state index contributed by atoms with van der Waals surface area (Å²) in [6.45, 7) is 3.88. The number of nitrogen functional groups attached to an aromatic ring is 1. The molecule has 2 N–H and O–H groups in total. The Balaban J connectivity index is 2.73. The Morgan fingerprint density at radius 1 is 1.37 bits per heavy atom. The van der Waals surface area contributed by atoms with E-state index in [9.17, 15) is 9.18 Å². The number of aromatic nitrogens is 2. The second kappa shape index (κ2) is 4.74. The summed E-state index contributed by atoms with van der Waals surface area (Å²) in [7, 11) is 1.72. The van der Waals surface area contributed by atoms with E-state index in [1.807, 2.05) is 13.8 Å². The van der Waals surface area contributed by atoms with Gasteiger partial charge >= 0.3 is 0 Å². The van der Waals surface area contributed by atoms with Gasteiger partial charge in [0.25, 0.3) is 5.56 Å². The van der Waals surface area contributed by atoms with E-state index in [0.29, 0.717) is 5.69 Å². The Kier molecular flexibility index (Phi) is 3.41. The van der Waals surface area contributed by atoms with E-state index in [1.54, 1.807) is 17.8 Å². The molecule has 0 saturated heterocycles. The summed E-state index contributed by atoms with van der Waals surface area (Å²) < 4.78 is 16.5. The molecule has 0 bridgehead atoms. The molecule has 0 aliphatic carbocycles. The molecule has 19 heavy (non-hydrogen) atoms. The topological polar surface area (TPSA) is 53.0 Å². The quantitative estimate of drug-likeness (QED) is 0.921. The highest BCUT2D eigenvalue weighted by molar-refractivity contribution is 6.30. The second-order valence-corrected chi connectivity index (χ2v) is 5.10. The zero-order chi connectivity index (χ0) is 14.3. The molecule has 0 unspecified atom stereocenters. The van der Waals surface area contributed by atoms with Crippen molar-refractivity contribution in [3.63, 3.8) is 0 Å². The van der Waals surface area contributed by atoms with Gasteiger partial charge in [-0.2, -0.15) is 0 Å². The molecule has 0 radical (unpaired) electrons. The first-order chi connectivity index (χ1) is 8.84. The zero-order valence-electron chi connectivity index (χ0n) is 10.9. The van der Waals surface area contributed by atoms with Gasteiger partial charge in [0.15, 0.2) is 0 Å². The lowest BCUT2D eigenvalue weighted by atomic mass is 10.1. The fourth-order valence-electron chi connectivity index (χ4n) is 2.23. The van der Waals surface area contributed by atoms with Crippen molar-refractivity contribution < 1.29 is 4.39 Å². The van der Waals surface area contributed by atoms with Crippen molar-refractivity contribution in [2.75, 3.05) is 5.73 Å². The molecule has 0 saturated carbocycles. The summed E-state index contributed by atoms with van der Waals surface area (Å²) in [6.07, 6.45) is 0. The summed E-state index contributed by atoms with van der Waals surface area (Å²) in [5.41, 5.74) is 6.79. The van der Waals surface area contributed by atoms with E-state index >= 15 is 0 Å². The van der Waals surface area contributed by atoms with Gasteiger partial charge in [0.05, 0.1) is 16.4 Å². The third-order valence-electron chi connectivity index (χ3n) is 3.04. The van der Waals surface area contributed by atoms with Crippen LogP contribution < -0.4 is 11.3 Å². The fraction of sp³-hybridized carbons (Fsp3) is 0.308. The molecule has 0 fully saturated rings. The number of halogens is 2. The van der Waals surface area contributed by atoms with Crippen molar-refractivity contribution >= 4 is 17.3 Å². The Bertz CT molecular complexity index is 688. The molecule has 0 amide bonds. The normalized spacial score (nSPS) is 11.3. The number of hydrogen-bond donors (Lipinski definition) is 1. The minimum absolute atomic E-state index is 0.0167. The molecule has 2 aromatic rings. The number of rotatable bonds is 2. The highest BCUT2D eigenvalue weighted by atomic mass is 35.5. The average molecular weight is 284 g/mol. The Labute approximate surface area is 115 Å². The predicted octanol–water partition coefficient (Wildman–Crippen LogP) is 2.67. The molecule has 2 rings (SSSR count). The van der Waals surface area contributed by atoms with Gasteiger partial charge in [-0.1, -0.05) is 25.4 Å². The summed E-state index contributed by atoms with van der Waals surface area (Å²) in [5, 5.41) is 0.0167. The van der Waals surface area contributed by atoms with Crippen LogP contribution in [-0.4, -0.2) is 9.36 Å². The molecule has 0 spiro atoms. The molecule has 6 heteroatoms. The minimum atomic E-state index is -0.572. The minimum Gasteiger partial charge on any atom is -0.393 e. The standard InChI is InChI=1S/C13H15ClFN3O/c1-7(2)12-11(16)13(19)18(17(12)3)8-4-5-9(14)10(15)6-8/h4-7H,16H2,1-3H3. The molecule has 0 atom stereocenters. The lowest BCUT2D eigenvalue weighted by Crippen LogP contribution is -2.20. The maximum atomic E-state index is 13.5. The lowest BCUT2D eigenvalue weighted by Gasteiger charge is -2.12. The van der Waals surface area contributed by atoms with Gasteiger partial charge in [-0.05, 0) is 18.1 Å². The monoisotopic (exact) mass is 283 g/mol. The summed E-state index contributed by atoms with van der Waals surface area (Å²) in [4.78, 5) is 12.2. The summed E-state index contributed by atoms with van der Waals surface area (Å²) in [5.74, 6) is -0.479. The van der Waals surface area contributed by atoms with Crippen molar-refractivity contribution in [3.05, 3.63) is 45.1 Å². The van der Waals surface area contributed by atoms with Gasteiger partial charge in [0, 0.05) is 13.1 Å². The maximum Gasteiger partial charge on any atom is 0.294 e. The maximum absolute atomic E-state index is 13.5. The Morgan fingerprint density at radius 3 is 2.47 bits per heavy atom. The number of benzene rings is 1. The molecular formula is C13H15ClFN3O. The third kappa shape index (κ3) is 2.14. The molecule has 0 aliphatic rings. The molecule has 1 heterocycles. The molecule has 1 aromatic carbocycles. The highest BCUT2D eigenvalue weighted by Crippen LogP contribution is 2.22. The zero-order valence-corrected chi connectivity index (χ0v) is 11.7. The number of nitrogens with two attached hydrogens (primary N) is 1. The van der Waals surface area contributed by atoms with Gasteiger partial charge in [-0.25, -0.2) is 9.07 Å². The molecular weight excluding hydrogens is 269 g/mol. The lowest BCUT2D eigenvalue weighted by molar-refractivity contribution is 0.586. The highest BCUT2D eigenvalue weighted by Gasteiger charge is 2.19. The molecule has 1 aromatic heterocycles. The Hall–Kier alpha value is -1.75. The summed E-state index contributed by atoms with van der Waals surface area (Å²) in [6, 6.07) is 4.21. The fourth-order valence-corrected chi connectivity index (χ4v) is 2.35. The van der Waals surface area contributed by atoms with Gasteiger partial charge < -0.3 is 5.73 Å². The number of hydrogen-bond acceptors (Lipinski definition) is 2. The van der Waals surface area contributed by atoms with Crippen molar-refractivity contribution in [1.29, 1.82) is 0 Å². The first-order valence-electron chi connectivity index (χ1n) is 5.87. The number of nitrogens with zero attached hydrogens (tertiary/aromatic N) is 2. The third-order valence-corrected chi connectivity index (χ3v) is 3.35. The van der Waals surface area contributed by atoms with Crippen molar-refractivity contribution in [2.24, 2.45) is 7.05 Å². The van der Waals surface area contributed by atoms with Crippen LogP contribution in [0.15, 0.2) is 23.0 Å². The van der Waals surface area contributed by atoms with Crippen LogP contribution >= 0.6 is 11.6 Å².